The van der Waals surface area contributed by atoms with Crippen LogP contribution in [0.25, 0.3) is 0 Å². The minimum atomic E-state index is -5.93. The van der Waals surface area contributed by atoms with Crippen molar-refractivity contribution in [3.8, 4) is 0 Å². The molecule has 0 bridgehead atoms. The van der Waals surface area contributed by atoms with Crippen molar-refractivity contribution in [1.82, 2.24) is 0 Å². The maximum atomic E-state index is 12.7. The van der Waals surface area contributed by atoms with Gasteiger partial charge in [-0.05, 0) is 0 Å². The summed E-state index contributed by atoms with van der Waals surface area (Å²) in [4.78, 5) is 0. The molecule has 0 nitrogen and oxygen atoms in total. The predicted octanol–water partition coefficient (Wildman–Crippen LogP) is 0.399. The molecule has 0 aromatic heterocycles. The third-order valence-corrected chi connectivity index (χ3v) is 1.98. The van der Waals surface area contributed by atoms with Crippen LogP contribution in [0.2, 0.25) is 0 Å². The number of halogens is 8. The summed E-state index contributed by atoms with van der Waals surface area (Å²) in [6.45, 7) is -5.62. The van der Waals surface area contributed by atoms with Gasteiger partial charge in [-0.3, -0.25) is 0 Å². The Morgan fingerprint density at radius 1 is 0.889 bits per heavy atom. The Bertz CT molecular complexity index is 410. The SMILES string of the molecule is F[B-](F)(F)c1cccc(C(F)(F)C(F)(F)F)c1.[K+]. The monoisotopic (exact) mass is 302 g/mol. The molecule has 0 N–H and O–H groups in total. The molecule has 1 aromatic rings. The largest absolute Gasteiger partial charge is 1.00 e. The molecule has 0 aliphatic rings. The predicted molar refractivity (Wildman–Crippen MR) is 45.1 cm³/mol. The van der Waals surface area contributed by atoms with E-state index in [1.165, 1.54) is 0 Å². The van der Waals surface area contributed by atoms with Gasteiger partial charge in [-0.25, -0.2) is 0 Å². The fraction of sp³-hybridized carbons (Fsp3) is 0.250. The third-order valence-electron chi connectivity index (χ3n) is 1.98. The van der Waals surface area contributed by atoms with E-state index in [0.717, 1.165) is 0 Å². The molecule has 0 atom stereocenters. The molecular formula is C8H4BF8K. The first-order chi connectivity index (χ1) is 7.46. The summed E-state index contributed by atoms with van der Waals surface area (Å²) in [5.41, 5.74) is -3.21. The van der Waals surface area contributed by atoms with Crippen LogP contribution in [0.5, 0.6) is 0 Å². The second kappa shape index (κ2) is 5.78. The molecule has 18 heavy (non-hydrogen) atoms. The summed E-state index contributed by atoms with van der Waals surface area (Å²) in [5, 5.41) is 0. The van der Waals surface area contributed by atoms with Crippen LogP contribution in [0.3, 0.4) is 0 Å². The van der Waals surface area contributed by atoms with Crippen LogP contribution in [-0.4, -0.2) is 13.2 Å². The molecular weight excluding hydrogens is 298 g/mol. The Kier molecular flexibility index (Phi) is 5.89. The van der Waals surface area contributed by atoms with Crippen LogP contribution in [0, 0.1) is 0 Å². The first kappa shape index (κ1) is 18.4. The standard InChI is InChI=1S/C8H4BF8.K/c10-7(11,8(12,13)14)5-2-1-3-6(4-5)9(15,16)17;/h1-4H;/q-1;+1. The minimum Gasteiger partial charge on any atom is -0.445 e. The van der Waals surface area contributed by atoms with Gasteiger partial charge >= 0.3 is 70.5 Å². The Hall–Kier alpha value is 0.361. The topological polar surface area (TPSA) is 0 Å². The maximum Gasteiger partial charge on any atom is 1.00 e. The zero-order chi connectivity index (χ0) is 13.5. The molecule has 0 amide bonds. The summed E-state index contributed by atoms with van der Waals surface area (Å²) >= 11 is 0. The van der Waals surface area contributed by atoms with E-state index in [2.05, 4.69) is 0 Å². The molecule has 0 radical (unpaired) electrons. The zero-order valence-electron chi connectivity index (χ0n) is 8.91. The molecule has 0 saturated heterocycles. The second-order valence-corrected chi connectivity index (χ2v) is 3.27. The molecule has 96 valence electrons. The Morgan fingerprint density at radius 3 is 1.78 bits per heavy atom. The van der Waals surface area contributed by atoms with E-state index in [1.807, 2.05) is 0 Å². The van der Waals surface area contributed by atoms with E-state index >= 15 is 0 Å². The fourth-order valence-corrected chi connectivity index (χ4v) is 1.10. The number of hydrogen-bond donors (Lipinski definition) is 0. The van der Waals surface area contributed by atoms with Gasteiger partial charge in [-0.1, -0.05) is 24.3 Å². The number of hydrogen-bond acceptors (Lipinski definition) is 0. The van der Waals surface area contributed by atoms with Crippen molar-refractivity contribution < 1.29 is 86.3 Å². The molecule has 0 aliphatic heterocycles. The molecule has 0 fully saturated rings. The molecule has 0 spiro atoms. The molecule has 10 heteroatoms. The van der Waals surface area contributed by atoms with Gasteiger partial charge in [0.15, 0.2) is 0 Å². The average molecular weight is 302 g/mol. The van der Waals surface area contributed by atoms with E-state index in [0.29, 0.717) is 18.2 Å². The van der Waals surface area contributed by atoms with E-state index < -0.39 is 30.1 Å². The molecule has 0 heterocycles. The number of rotatable bonds is 2. The maximum absolute atomic E-state index is 12.7. The van der Waals surface area contributed by atoms with Gasteiger partial charge in [-0.2, -0.15) is 22.0 Å². The van der Waals surface area contributed by atoms with Gasteiger partial charge in [0.05, 0.1) is 0 Å². The van der Waals surface area contributed by atoms with Gasteiger partial charge in [0.1, 0.15) is 0 Å². The van der Waals surface area contributed by atoms with Crippen molar-refractivity contribution in [2.24, 2.45) is 0 Å². The number of benzene rings is 1. The molecule has 1 rings (SSSR count). The first-order valence-electron chi connectivity index (χ1n) is 4.21. The average Bonchev–Trinajstić information content (AvgIpc) is 2.15. The van der Waals surface area contributed by atoms with Crippen LogP contribution in [0.1, 0.15) is 5.56 Å². The van der Waals surface area contributed by atoms with Crippen LogP contribution >= 0.6 is 0 Å². The van der Waals surface area contributed by atoms with Crippen molar-refractivity contribution >= 4 is 12.4 Å². The zero-order valence-corrected chi connectivity index (χ0v) is 12.0. The fourth-order valence-electron chi connectivity index (χ4n) is 1.10. The smallest absolute Gasteiger partial charge is 0.445 e. The molecule has 0 aliphatic carbocycles. The van der Waals surface area contributed by atoms with E-state index in [4.69, 9.17) is 0 Å². The summed E-state index contributed by atoms with van der Waals surface area (Å²) < 4.78 is 97.8. The first-order valence-corrected chi connectivity index (χ1v) is 4.21. The van der Waals surface area contributed by atoms with Crippen molar-refractivity contribution in [3.05, 3.63) is 29.8 Å². The van der Waals surface area contributed by atoms with Gasteiger partial charge in [0.25, 0.3) is 0 Å². The van der Waals surface area contributed by atoms with Crippen molar-refractivity contribution in [3.63, 3.8) is 0 Å². The Balaban J connectivity index is 0.00000289. The van der Waals surface area contributed by atoms with E-state index in [-0.39, 0.29) is 57.5 Å². The summed E-state index contributed by atoms with van der Waals surface area (Å²) in [5.74, 6) is -5.30. The van der Waals surface area contributed by atoms with Crippen LogP contribution in [0.4, 0.5) is 34.9 Å². The van der Waals surface area contributed by atoms with E-state index in [9.17, 15) is 34.9 Å². The quantitative estimate of drug-likeness (QED) is 0.548. The minimum absolute atomic E-state index is 0. The third kappa shape index (κ3) is 3.93. The van der Waals surface area contributed by atoms with Crippen molar-refractivity contribution in [2.75, 3.05) is 0 Å². The summed E-state index contributed by atoms with van der Waals surface area (Å²) in [6, 6.07) is 1.07. The molecule has 0 saturated carbocycles. The second-order valence-electron chi connectivity index (χ2n) is 3.27. The van der Waals surface area contributed by atoms with Crippen LogP contribution in [-0.2, 0) is 5.92 Å². The molecule has 0 unspecified atom stereocenters. The van der Waals surface area contributed by atoms with Gasteiger partial charge in [0, 0.05) is 5.56 Å². The molecule has 1 aromatic carbocycles. The van der Waals surface area contributed by atoms with Crippen molar-refractivity contribution in [1.29, 1.82) is 0 Å². The van der Waals surface area contributed by atoms with Gasteiger partial charge in [0.2, 0.25) is 0 Å². The van der Waals surface area contributed by atoms with Gasteiger partial charge < -0.3 is 12.9 Å². The van der Waals surface area contributed by atoms with E-state index in [1.54, 1.807) is 0 Å². The number of alkyl halides is 5. The summed E-state index contributed by atoms with van der Waals surface area (Å²) in [7, 11) is 0. The normalized spacial score (nSPS) is 13.1. The van der Waals surface area contributed by atoms with Crippen LogP contribution < -0.4 is 56.8 Å². The van der Waals surface area contributed by atoms with Crippen molar-refractivity contribution in [2.45, 2.75) is 12.1 Å². The Morgan fingerprint density at radius 2 is 1.39 bits per heavy atom. The van der Waals surface area contributed by atoms with Crippen LogP contribution in [0.15, 0.2) is 24.3 Å². The Labute approximate surface area is 139 Å². The summed E-state index contributed by atoms with van der Waals surface area (Å²) in [6.07, 6.45) is -5.93. The van der Waals surface area contributed by atoms with Gasteiger partial charge in [-0.15, -0.1) is 5.46 Å².